The summed E-state index contributed by atoms with van der Waals surface area (Å²) in [6.45, 7) is 5.60. The zero-order valence-corrected chi connectivity index (χ0v) is 10.6. The molecule has 0 heterocycles. The summed E-state index contributed by atoms with van der Waals surface area (Å²) >= 11 is 0. The van der Waals surface area contributed by atoms with Gasteiger partial charge in [-0.3, -0.25) is 4.79 Å². The third-order valence-electron chi connectivity index (χ3n) is 2.09. The highest BCUT2D eigenvalue weighted by Crippen LogP contribution is 2.04. The first-order valence-corrected chi connectivity index (χ1v) is 5.57. The highest BCUT2D eigenvalue weighted by Gasteiger charge is 2.17. The van der Waals surface area contributed by atoms with Crippen LogP contribution in [0, 0.1) is 18.3 Å². The van der Waals surface area contributed by atoms with Crippen LogP contribution in [0.1, 0.15) is 27.2 Å². The van der Waals surface area contributed by atoms with E-state index in [-0.39, 0.29) is 19.1 Å². The van der Waals surface area contributed by atoms with Crippen LogP contribution in [0.25, 0.3) is 0 Å². The molecule has 1 atom stereocenters. The van der Waals surface area contributed by atoms with Crippen molar-refractivity contribution < 1.29 is 14.7 Å². The molecule has 0 fully saturated rings. The second kappa shape index (κ2) is 7.55. The average molecular weight is 240 g/mol. The molecule has 0 aliphatic rings. The maximum absolute atomic E-state index is 11.7. The summed E-state index contributed by atoms with van der Waals surface area (Å²) in [7, 11) is 0. The molecule has 2 N–H and O–H groups in total. The summed E-state index contributed by atoms with van der Waals surface area (Å²) in [5.74, 6) is 1.66. The Morgan fingerprint density at radius 3 is 2.41 bits per heavy atom. The van der Waals surface area contributed by atoms with Crippen molar-refractivity contribution in [2.24, 2.45) is 5.92 Å². The van der Waals surface area contributed by atoms with Crippen LogP contribution >= 0.6 is 0 Å². The van der Waals surface area contributed by atoms with E-state index in [1.807, 2.05) is 6.92 Å². The maximum atomic E-state index is 11.7. The molecule has 1 unspecified atom stereocenters. The van der Waals surface area contributed by atoms with Gasteiger partial charge in [-0.2, -0.15) is 0 Å². The summed E-state index contributed by atoms with van der Waals surface area (Å²) in [4.78, 5) is 23.4. The van der Waals surface area contributed by atoms with Gasteiger partial charge in [-0.25, -0.2) is 4.79 Å². The smallest absolute Gasteiger partial charge is 0.323 e. The Morgan fingerprint density at radius 1 is 1.41 bits per heavy atom. The molecule has 0 aromatic heterocycles. The molecular formula is C12H20N2O3. The summed E-state index contributed by atoms with van der Waals surface area (Å²) < 4.78 is 0. The number of nitrogens with one attached hydrogen (secondary N) is 1. The van der Waals surface area contributed by atoms with E-state index in [4.69, 9.17) is 11.5 Å². The fraction of sp³-hybridized carbons (Fsp3) is 0.667. The van der Waals surface area contributed by atoms with E-state index in [1.54, 1.807) is 0 Å². The van der Waals surface area contributed by atoms with E-state index in [0.717, 1.165) is 11.3 Å². The van der Waals surface area contributed by atoms with Gasteiger partial charge in [-0.1, -0.05) is 19.8 Å². The molecule has 0 aromatic rings. The van der Waals surface area contributed by atoms with Gasteiger partial charge in [-0.05, 0) is 19.3 Å². The third kappa shape index (κ3) is 7.23. The van der Waals surface area contributed by atoms with Crippen molar-refractivity contribution in [3.8, 4) is 12.3 Å². The number of amides is 2. The summed E-state index contributed by atoms with van der Waals surface area (Å²) in [6, 6.07) is -0.435. The van der Waals surface area contributed by atoms with Gasteiger partial charge in [0.1, 0.15) is 6.54 Å². The summed E-state index contributed by atoms with van der Waals surface area (Å²) in [5, 5.41) is 11.4. The molecule has 0 rings (SSSR count). The average Bonchev–Trinajstić information content (AvgIpc) is 2.14. The van der Waals surface area contributed by atoms with Crippen molar-refractivity contribution in [2.45, 2.75) is 33.2 Å². The van der Waals surface area contributed by atoms with E-state index in [9.17, 15) is 9.59 Å². The lowest BCUT2D eigenvalue weighted by atomic mass is 10.1. The molecule has 5 nitrogen and oxygen atoms in total. The Labute approximate surface area is 102 Å². The number of nitrogens with zero attached hydrogens (tertiary/aromatic N) is 1. The molecule has 0 bridgehead atoms. The molecule has 0 aromatic carbocycles. The van der Waals surface area contributed by atoms with Crippen LogP contribution in [-0.4, -0.2) is 41.1 Å². The topological polar surface area (TPSA) is 69.6 Å². The quantitative estimate of drug-likeness (QED) is 0.684. The Morgan fingerprint density at radius 2 is 2.00 bits per heavy atom. The van der Waals surface area contributed by atoms with Gasteiger partial charge < -0.3 is 15.3 Å². The van der Waals surface area contributed by atoms with Crippen molar-refractivity contribution in [1.82, 2.24) is 10.2 Å². The molecule has 0 aliphatic carbocycles. The summed E-state index contributed by atoms with van der Waals surface area (Å²) in [5.41, 5.74) is 0. The number of terminal acetylenes is 1. The van der Waals surface area contributed by atoms with E-state index in [0.29, 0.717) is 5.92 Å². The zero-order chi connectivity index (χ0) is 13.4. The lowest BCUT2D eigenvalue weighted by Gasteiger charge is -2.22. The van der Waals surface area contributed by atoms with E-state index in [1.165, 1.54) is 0 Å². The molecule has 5 heteroatoms. The maximum Gasteiger partial charge on any atom is 0.323 e. The van der Waals surface area contributed by atoms with Crippen molar-refractivity contribution in [1.29, 1.82) is 0 Å². The molecule has 0 aliphatic heterocycles. The lowest BCUT2D eigenvalue weighted by Crippen LogP contribution is -2.46. The minimum absolute atomic E-state index is 0.00318. The van der Waals surface area contributed by atoms with E-state index in [2.05, 4.69) is 25.1 Å². The minimum atomic E-state index is -1.08. The van der Waals surface area contributed by atoms with Crippen molar-refractivity contribution >= 4 is 12.0 Å². The number of carbonyl (C=O) groups excluding carboxylic acids is 1. The largest absolute Gasteiger partial charge is 0.480 e. The predicted octanol–water partition coefficient (Wildman–Crippen LogP) is 1.15. The van der Waals surface area contributed by atoms with Crippen LogP contribution in [0.4, 0.5) is 4.79 Å². The molecule has 0 radical (unpaired) electrons. The van der Waals surface area contributed by atoms with Gasteiger partial charge in [0.25, 0.3) is 0 Å². The lowest BCUT2D eigenvalue weighted by molar-refractivity contribution is -0.137. The van der Waals surface area contributed by atoms with Crippen LogP contribution < -0.4 is 5.32 Å². The fourth-order valence-electron chi connectivity index (χ4n) is 1.54. The zero-order valence-electron chi connectivity index (χ0n) is 10.6. The first-order chi connectivity index (χ1) is 7.86. The first-order valence-electron chi connectivity index (χ1n) is 5.57. The van der Waals surface area contributed by atoms with Crippen LogP contribution in [-0.2, 0) is 4.79 Å². The number of urea groups is 1. The van der Waals surface area contributed by atoms with Gasteiger partial charge in [0.05, 0.1) is 6.54 Å². The van der Waals surface area contributed by atoms with Gasteiger partial charge in [0.2, 0.25) is 0 Å². The number of carbonyl (C=O) groups is 2. The Balaban J connectivity index is 4.32. The molecule has 0 spiro atoms. The van der Waals surface area contributed by atoms with Crippen molar-refractivity contribution in [3.05, 3.63) is 0 Å². The van der Waals surface area contributed by atoms with E-state index < -0.39 is 12.0 Å². The number of hydrogen-bond acceptors (Lipinski definition) is 2. The van der Waals surface area contributed by atoms with Gasteiger partial charge >= 0.3 is 12.0 Å². The predicted molar refractivity (Wildman–Crippen MR) is 65.5 cm³/mol. The Kier molecular flexibility index (Phi) is 6.80. The standard InChI is InChI=1S/C12H20N2O3/c1-5-6-14(8-11(15)16)12(17)13-10(4)7-9(2)3/h1,9-10H,6-8H2,2-4H3,(H,13,17)(H,15,16). The van der Waals surface area contributed by atoms with Crippen molar-refractivity contribution in [3.63, 3.8) is 0 Å². The Bertz CT molecular complexity index is 307. The molecule has 96 valence electrons. The second-order valence-corrected chi connectivity index (χ2v) is 4.43. The highest BCUT2D eigenvalue weighted by molar-refractivity contribution is 5.80. The van der Waals surface area contributed by atoms with Gasteiger partial charge in [0.15, 0.2) is 0 Å². The number of rotatable bonds is 6. The SMILES string of the molecule is C#CCN(CC(=O)O)C(=O)NC(C)CC(C)C. The Hall–Kier alpha value is -1.70. The highest BCUT2D eigenvalue weighted by atomic mass is 16.4. The second-order valence-electron chi connectivity index (χ2n) is 4.43. The number of carboxylic acid groups (broad SMARTS) is 1. The normalized spacial score (nSPS) is 11.7. The van der Waals surface area contributed by atoms with Crippen LogP contribution in [0.15, 0.2) is 0 Å². The van der Waals surface area contributed by atoms with Crippen LogP contribution in [0.5, 0.6) is 0 Å². The monoisotopic (exact) mass is 240 g/mol. The number of carboxylic acids is 1. The van der Waals surface area contributed by atoms with Gasteiger partial charge in [0, 0.05) is 6.04 Å². The minimum Gasteiger partial charge on any atom is -0.480 e. The van der Waals surface area contributed by atoms with E-state index >= 15 is 0 Å². The number of hydrogen-bond donors (Lipinski definition) is 2. The molecular weight excluding hydrogens is 220 g/mol. The van der Waals surface area contributed by atoms with Crippen LogP contribution in [0.2, 0.25) is 0 Å². The third-order valence-corrected chi connectivity index (χ3v) is 2.09. The first kappa shape index (κ1) is 15.3. The number of aliphatic carboxylic acids is 1. The molecule has 0 saturated carbocycles. The van der Waals surface area contributed by atoms with Gasteiger partial charge in [-0.15, -0.1) is 6.42 Å². The molecule has 2 amide bonds. The van der Waals surface area contributed by atoms with Crippen molar-refractivity contribution in [2.75, 3.05) is 13.1 Å². The summed E-state index contributed by atoms with van der Waals surface area (Å²) in [6.07, 6.45) is 5.93. The van der Waals surface area contributed by atoms with Crippen LogP contribution in [0.3, 0.4) is 0 Å². The molecule has 17 heavy (non-hydrogen) atoms. The fourth-order valence-corrected chi connectivity index (χ4v) is 1.54. The molecule has 0 saturated heterocycles.